The molecular formula is C18H20N2O5S. The van der Waals surface area contributed by atoms with Gasteiger partial charge in [0, 0.05) is 10.9 Å². The fourth-order valence-electron chi connectivity index (χ4n) is 2.38. The van der Waals surface area contributed by atoms with Crippen molar-refractivity contribution in [2.45, 2.75) is 39.7 Å². The number of esters is 1. The number of nitrogens with zero attached hydrogens (tertiary/aromatic N) is 1. The molecule has 138 valence electrons. The Bertz CT molecular complexity index is 831. The van der Waals surface area contributed by atoms with E-state index in [1.54, 1.807) is 12.1 Å². The summed E-state index contributed by atoms with van der Waals surface area (Å²) < 4.78 is 5.21. The Morgan fingerprint density at radius 3 is 2.69 bits per heavy atom. The summed E-state index contributed by atoms with van der Waals surface area (Å²) in [7, 11) is 0. The molecule has 26 heavy (non-hydrogen) atoms. The van der Waals surface area contributed by atoms with Gasteiger partial charge in [0.15, 0.2) is 6.10 Å². The smallest absolute Gasteiger partial charge is 0.349 e. The van der Waals surface area contributed by atoms with Crippen LogP contribution in [0.5, 0.6) is 0 Å². The predicted molar refractivity (Wildman–Crippen MR) is 99.7 cm³/mol. The number of para-hydroxylation sites is 2. The van der Waals surface area contributed by atoms with Gasteiger partial charge in [-0.15, -0.1) is 11.3 Å². The molecule has 1 aromatic heterocycles. The van der Waals surface area contributed by atoms with Gasteiger partial charge in [-0.2, -0.15) is 0 Å². The standard InChI is InChI=1S/C18H20N2O5S/c1-4-7-13-10-16(26-12(13)3)18(22)25-11(2)17(21)19-14-8-5-6-9-15(14)20(23)24/h5-6,8-11H,4,7H2,1-3H3,(H,19,21)/t11-/m0/s1. The maximum atomic E-state index is 12.3. The van der Waals surface area contributed by atoms with E-state index >= 15 is 0 Å². The van der Waals surface area contributed by atoms with E-state index in [0.29, 0.717) is 4.88 Å². The Morgan fingerprint density at radius 2 is 2.04 bits per heavy atom. The third kappa shape index (κ3) is 4.66. The van der Waals surface area contributed by atoms with Gasteiger partial charge in [-0.25, -0.2) is 4.79 Å². The number of nitrogens with one attached hydrogen (secondary N) is 1. The molecule has 1 heterocycles. The van der Waals surface area contributed by atoms with Gasteiger partial charge in [0.2, 0.25) is 0 Å². The summed E-state index contributed by atoms with van der Waals surface area (Å²) in [6, 6.07) is 7.58. The molecule has 0 aliphatic heterocycles. The van der Waals surface area contributed by atoms with Crippen LogP contribution < -0.4 is 5.32 Å². The number of hydrogen-bond acceptors (Lipinski definition) is 6. The number of thiophene rings is 1. The number of benzene rings is 1. The summed E-state index contributed by atoms with van der Waals surface area (Å²) in [5, 5.41) is 13.4. The highest BCUT2D eigenvalue weighted by Crippen LogP contribution is 2.25. The Hall–Kier alpha value is -2.74. The molecule has 8 heteroatoms. The molecule has 0 aliphatic rings. The van der Waals surface area contributed by atoms with Crippen molar-refractivity contribution in [1.82, 2.24) is 0 Å². The molecular weight excluding hydrogens is 356 g/mol. The van der Waals surface area contributed by atoms with E-state index in [1.807, 2.05) is 6.92 Å². The van der Waals surface area contributed by atoms with Crippen LogP contribution in [0.25, 0.3) is 0 Å². The first kappa shape index (κ1) is 19.6. The molecule has 0 saturated heterocycles. The molecule has 1 amide bonds. The molecule has 2 rings (SSSR count). The predicted octanol–water partition coefficient (Wildman–Crippen LogP) is 4.10. The molecule has 0 spiro atoms. The van der Waals surface area contributed by atoms with Crippen molar-refractivity contribution < 1.29 is 19.2 Å². The minimum atomic E-state index is -1.08. The van der Waals surface area contributed by atoms with Crippen LogP contribution in [-0.4, -0.2) is 22.9 Å². The van der Waals surface area contributed by atoms with Gasteiger partial charge in [-0.05, 0) is 38.0 Å². The monoisotopic (exact) mass is 376 g/mol. The number of hydrogen-bond donors (Lipinski definition) is 1. The molecule has 0 radical (unpaired) electrons. The van der Waals surface area contributed by atoms with Gasteiger partial charge in [0.25, 0.3) is 11.6 Å². The van der Waals surface area contributed by atoms with E-state index in [1.165, 1.54) is 36.5 Å². The Morgan fingerprint density at radius 1 is 1.35 bits per heavy atom. The lowest BCUT2D eigenvalue weighted by molar-refractivity contribution is -0.383. The van der Waals surface area contributed by atoms with Gasteiger partial charge >= 0.3 is 5.97 Å². The first-order valence-corrected chi connectivity index (χ1v) is 8.99. The lowest BCUT2D eigenvalue weighted by Gasteiger charge is -2.13. The van der Waals surface area contributed by atoms with Crippen molar-refractivity contribution >= 4 is 34.6 Å². The molecule has 1 N–H and O–H groups in total. The van der Waals surface area contributed by atoms with E-state index in [2.05, 4.69) is 12.2 Å². The van der Waals surface area contributed by atoms with Crippen LogP contribution in [0.3, 0.4) is 0 Å². The summed E-state index contributed by atoms with van der Waals surface area (Å²) in [4.78, 5) is 36.4. The number of carbonyl (C=O) groups excluding carboxylic acids is 2. The van der Waals surface area contributed by atoms with Crippen LogP contribution in [-0.2, 0) is 16.0 Å². The van der Waals surface area contributed by atoms with E-state index in [0.717, 1.165) is 23.3 Å². The molecule has 7 nitrogen and oxygen atoms in total. The van der Waals surface area contributed by atoms with E-state index in [-0.39, 0.29) is 11.4 Å². The van der Waals surface area contributed by atoms with Crippen molar-refractivity contribution in [2.75, 3.05) is 5.32 Å². The van der Waals surface area contributed by atoms with Crippen LogP contribution in [0.1, 0.15) is 40.4 Å². The average Bonchev–Trinajstić information content (AvgIpc) is 2.96. The lowest BCUT2D eigenvalue weighted by Crippen LogP contribution is -2.30. The molecule has 0 saturated carbocycles. The fraction of sp³-hybridized carbons (Fsp3) is 0.333. The van der Waals surface area contributed by atoms with Gasteiger partial charge in [-0.1, -0.05) is 25.5 Å². The molecule has 1 aromatic carbocycles. The van der Waals surface area contributed by atoms with Crippen molar-refractivity contribution in [3.8, 4) is 0 Å². The number of aryl methyl sites for hydroxylation is 2. The second kappa shape index (κ2) is 8.57. The van der Waals surface area contributed by atoms with Crippen molar-refractivity contribution in [3.63, 3.8) is 0 Å². The van der Waals surface area contributed by atoms with E-state index in [9.17, 15) is 19.7 Å². The zero-order chi connectivity index (χ0) is 19.3. The van der Waals surface area contributed by atoms with E-state index in [4.69, 9.17) is 4.74 Å². The third-order valence-corrected chi connectivity index (χ3v) is 4.83. The second-order valence-electron chi connectivity index (χ2n) is 5.75. The van der Waals surface area contributed by atoms with Crippen LogP contribution in [0.4, 0.5) is 11.4 Å². The summed E-state index contributed by atoms with van der Waals surface area (Å²) in [6.07, 6.45) is 0.767. The van der Waals surface area contributed by atoms with Crippen molar-refractivity contribution in [1.29, 1.82) is 0 Å². The lowest BCUT2D eigenvalue weighted by atomic mass is 10.1. The van der Waals surface area contributed by atoms with Crippen molar-refractivity contribution in [2.24, 2.45) is 0 Å². The van der Waals surface area contributed by atoms with Gasteiger partial charge in [0.1, 0.15) is 10.6 Å². The highest BCUT2D eigenvalue weighted by Gasteiger charge is 2.23. The maximum Gasteiger partial charge on any atom is 0.349 e. The number of anilines is 1. The first-order valence-electron chi connectivity index (χ1n) is 8.18. The fourth-order valence-corrected chi connectivity index (χ4v) is 3.34. The van der Waals surface area contributed by atoms with Crippen molar-refractivity contribution in [3.05, 3.63) is 55.8 Å². The minimum Gasteiger partial charge on any atom is -0.448 e. The minimum absolute atomic E-state index is 0.0580. The average molecular weight is 376 g/mol. The van der Waals surface area contributed by atoms with Gasteiger partial charge in [-0.3, -0.25) is 14.9 Å². The topological polar surface area (TPSA) is 98.5 Å². The zero-order valence-electron chi connectivity index (χ0n) is 14.8. The summed E-state index contributed by atoms with van der Waals surface area (Å²) in [6.45, 7) is 5.43. The first-order chi connectivity index (χ1) is 12.3. The highest BCUT2D eigenvalue weighted by atomic mass is 32.1. The van der Waals surface area contributed by atoms with Gasteiger partial charge in [0.05, 0.1) is 4.92 Å². The molecule has 1 atom stereocenters. The molecule has 0 fully saturated rings. The third-order valence-electron chi connectivity index (χ3n) is 3.75. The normalized spacial score (nSPS) is 11.7. The van der Waals surface area contributed by atoms with E-state index < -0.39 is 22.9 Å². The van der Waals surface area contributed by atoms with Crippen LogP contribution in [0.15, 0.2) is 30.3 Å². The zero-order valence-corrected chi connectivity index (χ0v) is 15.6. The number of ether oxygens (including phenoxy) is 1. The summed E-state index contributed by atoms with van der Waals surface area (Å²) in [5.74, 6) is -1.21. The number of nitro groups is 1. The summed E-state index contributed by atoms with van der Waals surface area (Å²) >= 11 is 1.33. The van der Waals surface area contributed by atoms with Crippen LogP contribution >= 0.6 is 11.3 Å². The highest BCUT2D eigenvalue weighted by molar-refractivity contribution is 7.14. The quantitative estimate of drug-likeness (QED) is 0.445. The largest absolute Gasteiger partial charge is 0.448 e. The summed E-state index contributed by atoms with van der Waals surface area (Å²) in [5.41, 5.74) is 0.932. The van der Waals surface area contributed by atoms with Crippen LogP contribution in [0.2, 0.25) is 0 Å². The Balaban J connectivity index is 2.04. The number of amides is 1. The maximum absolute atomic E-state index is 12.3. The Labute approximate surface area is 155 Å². The van der Waals surface area contributed by atoms with Crippen LogP contribution in [0, 0.1) is 17.0 Å². The second-order valence-corrected chi connectivity index (χ2v) is 7.01. The number of nitro benzene ring substituents is 1. The SMILES string of the molecule is CCCc1cc(C(=O)O[C@@H](C)C(=O)Nc2ccccc2[N+](=O)[O-])sc1C. The molecule has 0 bridgehead atoms. The molecule has 0 unspecified atom stereocenters. The molecule has 0 aliphatic carbocycles. The molecule has 2 aromatic rings. The number of carbonyl (C=O) groups is 2. The number of rotatable bonds is 7. The Kier molecular flexibility index (Phi) is 6.46. The van der Waals surface area contributed by atoms with Gasteiger partial charge < -0.3 is 10.1 Å².